The van der Waals surface area contributed by atoms with Crippen LogP contribution in [0.2, 0.25) is 0 Å². The summed E-state index contributed by atoms with van der Waals surface area (Å²) in [6.07, 6.45) is 2.77. The largest absolute Gasteiger partial charge is 0.497 e. The van der Waals surface area contributed by atoms with Crippen molar-refractivity contribution in [3.63, 3.8) is 0 Å². The molecule has 150 valence electrons. The van der Waals surface area contributed by atoms with E-state index in [4.69, 9.17) is 9.15 Å². The zero-order valence-electron chi connectivity index (χ0n) is 15.8. The summed E-state index contributed by atoms with van der Waals surface area (Å²) in [5.41, 5.74) is -2.33. The van der Waals surface area contributed by atoms with Crippen LogP contribution in [-0.2, 0) is 19.6 Å². The lowest BCUT2D eigenvalue weighted by Gasteiger charge is -2.13. The number of nitrogens with zero attached hydrogens (tertiary/aromatic N) is 3. The van der Waals surface area contributed by atoms with Crippen LogP contribution in [0, 0.1) is 0 Å². The summed E-state index contributed by atoms with van der Waals surface area (Å²) < 4.78 is 13.0. The van der Waals surface area contributed by atoms with E-state index < -0.39 is 22.7 Å². The number of hydrogen-bond donors (Lipinski definition) is 0. The van der Waals surface area contributed by atoms with E-state index in [-0.39, 0.29) is 25.2 Å². The maximum absolute atomic E-state index is 12.8. The van der Waals surface area contributed by atoms with Crippen molar-refractivity contribution in [2.75, 3.05) is 7.11 Å². The highest BCUT2D eigenvalue weighted by atomic mass is 16.5. The Balaban J connectivity index is 2.28. The van der Waals surface area contributed by atoms with Crippen molar-refractivity contribution in [2.45, 2.75) is 19.6 Å². The minimum Gasteiger partial charge on any atom is -0.497 e. The molecule has 0 unspecified atom stereocenters. The van der Waals surface area contributed by atoms with E-state index in [1.165, 1.54) is 31.4 Å². The SMILES string of the molecule is C=CCn1c(=O)n(CC=C)c(=O)n(Cc2cc(=O)oc3cc(OC)ccc23)c1=O. The number of methoxy groups -OCH3 is 1. The lowest BCUT2D eigenvalue weighted by Crippen LogP contribution is -2.54. The first kappa shape index (κ1) is 19.9. The first-order valence-corrected chi connectivity index (χ1v) is 8.68. The first-order valence-electron chi connectivity index (χ1n) is 8.68. The predicted molar refractivity (Wildman–Crippen MR) is 108 cm³/mol. The predicted octanol–water partition coefficient (Wildman–Crippen LogP) is 0.707. The normalized spacial score (nSPS) is 10.8. The molecule has 0 bridgehead atoms. The van der Waals surface area contributed by atoms with Crippen LogP contribution in [0.3, 0.4) is 0 Å². The van der Waals surface area contributed by atoms with Crippen molar-refractivity contribution in [3.05, 3.63) is 97.0 Å². The molecule has 0 N–H and O–H groups in total. The van der Waals surface area contributed by atoms with Gasteiger partial charge in [-0.1, -0.05) is 12.2 Å². The van der Waals surface area contributed by atoms with Crippen LogP contribution in [0.15, 0.2) is 73.2 Å². The lowest BCUT2D eigenvalue weighted by molar-refractivity contribution is 0.414. The van der Waals surface area contributed by atoms with E-state index in [0.29, 0.717) is 16.7 Å². The van der Waals surface area contributed by atoms with Gasteiger partial charge in [-0.2, -0.15) is 0 Å². The third-order valence-electron chi connectivity index (χ3n) is 4.37. The number of ether oxygens (including phenoxy) is 1. The summed E-state index contributed by atoms with van der Waals surface area (Å²) in [5, 5.41) is 0.536. The summed E-state index contributed by atoms with van der Waals surface area (Å²) in [5.74, 6) is 0.489. The van der Waals surface area contributed by atoms with Crippen LogP contribution in [0.5, 0.6) is 5.75 Å². The molecule has 0 radical (unpaired) electrons. The molecule has 9 nitrogen and oxygen atoms in total. The number of allylic oxidation sites excluding steroid dienone is 2. The van der Waals surface area contributed by atoms with E-state index in [1.54, 1.807) is 12.1 Å². The molecule has 9 heteroatoms. The summed E-state index contributed by atoms with van der Waals surface area (Å²) in [7, 11) is 1.48. The van der Waals surface area contributed by atoms with Gasteiger partial charge in [-0.15, -0.1) is 13.2 Å². The second-order valence-corrected chi connectivity index (χ2v) is 6.19. The molecule has 0 saturated heterocycles. The van der Waals surface area contributed by atoms with Crippen LogP contribution >= 0.6 is 0 Å². The Morgan fingerprint density at radius 1 is 0.931 bits per heavy atom. The Morgan fingerprint density at radius 2 is 1.52 bits per heavy atom. The fraction of sp³-hybridized carbons (Fsp3) is 0.200. The van der Waals surface area contributed by atoms with Gasteiger partial charge in [0.05, 0.1) is 26.7 Å². The Labute approximate surface area is 164 Å². The Hall–Kier alpha value is -3.88. The second-order valence-electron chi connectivity index (χ2n) is 6.19. The maximum Gasteiger partial charge on any atom is 0.336 e. The number of fused-ring (bicyclic) bond motifs is 1. The van der Waals surface area contributed by atoms with E-state index in [9.17, 15) is 19.2 Å². The van der Waals surface area contributed by atoms with Crippen LogP contribution in [0.25, 0.3) is 11.0 Å². The average molecular weight is 397 g/mol. The van der Waals surface area contributed by atoms with Gasteiger partial charge in [0.25, 0.3) is 0 Å². The Bertz CT molecular complexity index is 1290. The van der Waals surface area contributed by atoms with Crippen molar-refractivity contribution in [1.82, 2.24) is 13.7 Å². The standard InChI is InChI=1S/C20H19N3O6/c1-4-8-21-18(25)22(9-5-2)20(27)23(19(21)26)12-13-10-17(24)29-16-11-14(28-3)6-7-15(13)16/h4-7,10-11H,1-2,8-9,12H2,3H3. The van der Waals surface area contributed by atoms with Crippen LogP contribution in [0.1, 0.15) is 5.56 Å². The molecule has 0 saturated carbocycles. The molecule has 3 aromatic rings. The molecule has 0 aliphatic carbocycles. The smallest absolute Gasteiger partial charge is 0.336 e. The van der Waals surface area contributed by atoms with Crippen molar-refractivity contribution < 1.29 is 9.15 Å². The fourth-order valence-corrected chi connectivity index (χ4v) is 3.03. The maximum atomic E-state index is 12.8. The summed E-state index contributed by atoms with van der Waals surface area (Å²) >= 11 is 0. The average Bonchev–Trinajstić information content (AvgIpc) is 2.71. The lowest BCUT2D eigenvalue weighted by atomic mass is 10.1. The van der Waals surface area contributed by atoms with Gasteiger partial charge in [0.15, 0.2) is 0 Å². The van der Waals surface area contributed by atoms with E-state index in [1.807, 2.05) is 0 Å². The van der Waals surface area contributed by atoms with Gasteiger partial charge in [-0.25, -0.2) is 32.9 Å². The summed E-state index contributed by atoms with van der Waals surface area (Å²) in [6, 6.07) is 6.09. The van der Waals surface area contributed by atoms with Gasteiger partial charge in [-0.3, -0.25) is 0 Å². The van der Waals surface area contributed by atoms with Gasteiger partial charge in [-0.05, 0) is 17.7 Å². The molecule has 3 rings (SSSR count). The number of aromatic nitrogens is 3. The molecule has 0 aliphatic heterocycles. The van der Waals surface area contributed by atoms with E-state index in [2.05, 4.69) is 13.2 Å². The highest BCUT2D eigenvalue weighted by Gasteiger charge is 2.16. The minimum atomic E-state index is -0.796. The monoisotopic (exact) mass is 397 g/mol. The molecule has 29 heavy (non-hydrogen) atoms. The molecule has 0 atom stereocenters. The Morgan fingerprint density at radius 3 is 2.07 bits per heavy atom. The third kappa shape index (κ3) is 3.62. The van der Waals surface area contributed by atoms with Crippen molar-refractivity contribution in [1.29, 1.82) is 0 Å². The molecule has 1 aromatic carbocycles. The van der Waals surface area contributed by atoms with Gasteiger partial charge in [0, 0.05) is 17.5 Å². The quantitative estimate of drug-likeness (QED) is 0.429. The molecule has 2 aromatic heterocycles. The van der Waals surface area contributed by atoms with Crippen LogP contribution in [0.4, 0.5) is 0 Å². The number of rotatable bonds is 7. The number of hydrogen-bond acceptors (Lipinski definition) is 6. The molecule has 2 heterocycles. The molecular weight excluding hydrogens is 378 g/mol. The topological polar surface area (TPSA) is 105 Å². The molecule has 0 amide bonds. The fourth-order valence-electron chi connectivity index (χ4n) is 3.03. The van der Waals surface area contributed by atoms with E-state index in [0.717, 1.165) is 13.7 Å². The third-order valence-corrected chi connectivity index (χ3v) is 4.37. The molecular formula is C20H19N3O6. The van der Waals surface area contributed by atoms with Crippen molar-refractivity contribution in [2.24, 2.45) is 0 Å². The summed E-state index contributed by atoms with van der Waals surface area (Å²) in [4.78, 5) is 50.1. The van der Waals surface area contributed by atoms with Gasteiger partial charge in [0.1, 0.15) is 11.3 Å². The van der Waals surface area contributed by atoms with Gasteiger partial charge in [0.2, 0.25) is 0 Å². The van der Waals surface area contributed by atoms with E-state index >= 15 is 0 Å². The molecule has 0 aliphatic rings. The van der Waals surface area contributed by atoms with Crippen molar-refractivity contribution in [3.8, 4) is 5.75 Å². The highest BCUT2D eigenvalue weighted by Crippen LogP contribution is 2.22. The minimum absolute atomic E-state index is 0.0655. The van der Waals surface area contributed by atoms with Gasteiger partial charge < -0.3 is 9.15 Å². The zero-order chi connectivity index (χ0) is 21.1. The summed E-state index contributed by atoms with van der Waals surface area (Å²) in [6.45, 7) is 6.72. The van der Waals surface area contributed by atoms with Gasteiger partial charge >= 0.3 is 22.7 Å². The van der Waals surface area contributed by atoms with Crippen LogP contribution in [-0.4, -0.2) is 20.8 Å². The second kappa shape index (κ2) is 8.01. The molecule has 0 fully saturated rings. The Kier molecular flexibility index (Phi) is 5.49. The van der Waals surface area contributed by atoms with Crippen LogP contribution < -0.4 is 27.4 Å². The molecule has 0 spiro atoms. The number of benzene rings is 1. The highest BCUT2D eigenvalue weighted by molar-refractivity contribution is 5.81. The zero-order valence-corrected chi connectivity index (χ0v) is 15.8. The van der Waals surface area contributed by atoms with Crippen molar-refractivity contribution >= 4 is 11.0 Å². The first-order chi connectivity index (χ1) is 13.9.